The summed E-state index contributed by atoms with van der Waals surface area (Å²) in [7, 11) is 0. The molecule has 0 bridgehead atoms. The summed E-state index contributed by atoms with van der Waals surface area (Å²) in [5.74, 6) is 0.409. The molecule has 0 aliphatic carbocycles. The molecule has 0 spiro atoms. The maximum Gasteiger partial charge on any atom is 0.227 e. The van der Waals surface area contributed by atoms with E-state index < -0.39 is 0 Å². The first kappa shape index (κ1) is 19.4. The lowest BCUT2D eigenvalue weighted by molar-refractivity contribution is -0.126. The van der Waals surface area contributed by atoms with Gasteiger partial charge in [-0.3, -0.25) is 14.6 Å². The Morgan fingerprint density at radius 3 is 2.55 bits per heavy atom. The van der Waals surface area contributed by atoms with Crippen molar-refractivity contribution in [1.29, 1.82) is 0 Å². The Morgan fingerprint density at radius 2 is 1.86 bits per heavy atom. The third-order valence-electron chi connectivity index (χ3n) is 6.00. The average Bonchev–Trinajstić information content (AvgIpc) is 3.15. The van der Waals surface area contributed by atoms with Crippen molar-refractivity contribution in [3.05, 3.63) is 54.4 Å². The molecule has 4 rings (SSSR count). The van der Waals surface area contributed by atoms with Gasteiger partial charge in [0.25, 0.3) is 0 Å². The second-order valence-electron chi connectivity index (χ2n) is 8.17. The molecule has 1 unspecified atom stereocenters. The average molecular weight is 393 g/mol. The Kier molecular flexibility index (Phi) is 5.79. The molecule has 6 nitrogen and oxygen atoms in total. The highest BCUT2D eigenvalue weighted by Gasteiger charge is 2.35. The number of hydrogen-bond acceptors (Lipinski definition) is 4. The van der Waals surface area contributed by atoms with E-state index in [0.29, 0.717) is 13.1 Å². The minimum atomic E-state index is -0.317. The molecule has 29 heavy (non-hydrogen) atoms. The van der Waals surface area contributed by atoms with Gasteiger partial charge in [0, 0.05) is 56.4 Å². The number of anilines is 2. The molecule has 1 N–H and O–H groups in total. The van der Waals surface area contributed by atoms with Gasteiger partial charge in [-0.1, -0.05) is 13.0 Å². The Bertz CT molecular complexity index is 845. The van der Waals surface area contributed by atoms with Gasteiger partial charge in [-0.2, -0.15) is 0 Å². The van der Waals surface area contributed by atoms with Gasteiger partial charge >= 0.3 is 0 Å². The van der Waals surface area contributed by atoms with Gasteiger partial charge in [0.1, 0.15) is 0 Å². The second-order valence-corrected chi connectivity index (χ2v) is 8.17. The molecule has 0 saturated carbocycles. The summed E-state index contributed by atoms with van der Waals surface area (Å²) in [6.45, 7) is 5.34. The minimum absolute atomic E-state index is 0.00563. The highest BCUT2D eigenvalue weighted by molar-refractivity contribution is 6.00. The molecule has 152 valence electrons. The fourth-order valence-electron chi connectivity index (χ4n) is 4.08. The number of piperidine rings is 1. The fourth-order valence-corrected chi connectivity index (χ4v) is 4.08. The monoisotopic (exact) mass is 392 g/mol. The van der Waals surface area contributed by atoms with Crippen LogP contribution in [0.1, 0.15) is 31.7 Å². The van der Waals surface area contributed by atoms with Gasteiger partial charge in [-0.25, -0.2) is 0 Å². The van der Waals surface area contributed by atoms with Crippen LogP contribution in [0.25, 0.3) is 0 Å². The van der Waals surface area contributed by atoms with Crippen LogP contribution in [0, 0.1) is 11.8 Å². The van der Waals surface area contributed by atoms with Crippen molar-refractivity contribution in [2.45, 2.75) is 32.7 Å². The summed E-state index contributed by atoms with van der Waals surface area (Å²) in [5.41, 5.74) is 3.02. The molecule has 2 aliphatic heterocycles. The van der Waals surface area contributed by atoms with Gasteiger partial charge in [0.15, 0.2) is 0 Å². The van der Waals surface area contributed by atoms with E-state index in [4.69, 9.17) is 0 Å². The first-order valence-electron chi connectivity index (χ1n) is 10.4. The number of nitrogens with one attached hydrogen (secondary N) is 1. The molecular formula is C23H28N4O2. The van der Waals surface area contributed by atoms with Crippen molar-refractivity contribution in [1.82, 2.24) is 10.3 Å². The molecule has 6 heteroatoms. The summed E-state index contributed by atoms with van der Waals surface area (Å²) in [5, 5.41) is 2.92. The highest BCUT2D eigenvalue weighted by atomic mass is 16.2. The molecule has 1 aromatic carbocycles. The van der Waals surface area contributed by atoms with E-state index in [0.717, 1.165) is 30.3 Å². The molecule has 2 amide bonds. The number of rotatable bonds is 5. The molecule has 2 aliphatic rings. The van der Waals surface area contributed by atoms with Crippen molar-refractivity contribution in [3.63, 3.8) is 0 Å². The molecule has 3 heterocycles. The van der Waals surface area contributed by atoms with Crippen molar-refractivity contribution >= 4 is 23.2 Å². The molecule has 2 aromatic rings. The zero-order valence-corrected chi connectivity index (χ0v) is 16.9. The second kappa shape index (κ2) is 8.64. The SMILES string of the molecule is CC1CCN(c2ccc(N3CC(C(=O)NCc4cccnc4)CC3=O)cc2)CC1. The van der Waals surface area contributed by atoms with Crippen LogP contribution in [0.2, 0.25) is 0 Å². The standard InChI is InChI=1S/C23H28N4O2/c1-17-8-11-26(12-9-17)20-4-6-21(7-5-20)27-16-19(13-22(27)28)23(29)25-15-18-3-2-10-24-14-18/h2-7,10,14,17,19H,8-9,11-13,15-16H2,1H3,(H,25,29). The van der Waals surface area contributed by atoms with Crippen LogP contribution in [-0.2, 0) is 16.1 Å². The summed E-state index contributed by atoms with van der Waals surface area (Å²) < 4.78 is 0. The number of nitrogens with zero attached hydrogens (tertiary/aromatic N) is 3. The van der Waals surface area contributed by atoms with Crippen LogP contribution < -0.4 is 15.1 Å². The predicted octanol–water partition coefficient (Wildman–Crippen LogP) is 2.99. The quantitative estimate of drug-likeness (QED) is 0.850. The molecule has 0 radical (unpaired) electrons. The van der Waals surface area contributed by atoms with Crippen molar-refractivity contribution < 1.29 is 9.59 Å². The van der Waals surface area contributed by atoms with E-state index in [1.54, 1.807) is 17.3 Å². The zero-order valence-electron chi connectivity index (χ0n) is 16.9. The smallest absolute Gasteiger partial charge is 0.227 e. The number of benzene rings is 1. The summed E-state index contributed by atoms with van der Waals surface area (Å²) in [6, 6.07) is 11.9. The number of amides is 2. The molecule has 2 fully saturated rings. The van der Waals surface area contributed by atoms with Gasteiger partial charge in [-0.05, 0) is 54.7 Å². The van der Waals surface area contributed by atoms with Crippen LogP contribution in [0.5, 0.6) is 0 Å². The number of pyridine rings is 1. The molecule has 2 saturated heterocycles. The Balaban J connectivity index is 1.34. The summed E-state index contributed by atoms with van der Waals surface area (Å²) >= 11 is 0. The number of aromatic nitrogens is 1. The topological polar surface area (TPSA) is 65.5 Å². The third-order valence-corrected chi connectivity index (χ3v) is 6.00. The zero-order chi connectivity index (χ0) is 20.2. The molecule has 1 aromatic heterocycles. The van der Waals surface area contributed by atoms with Crippen molar-refractivity contribution in [2.75, 3.05) is 29.4 Å². The maximum absolute atomic E-state index is 12.5. The summed E-state index contributed by atoms with van der Waals surface area (Å²) in [4.78, 5) is 33.2. The fraction of sp³-hybridized carbons (Fsp3) is 0.435. The maximum atomic E-state index is 12.5. The van der Waals surface area contributed by atoms with Crippen molar-refractivity contribution in [3.8, 4) is 0 Å². The Morgan fingerprint density at radius 1 is 1.14 bits per heavy atom. The van der Waals surface area contributed by atoms with E-state index in [2.05, 4.69) is 34.3 Å². The lowest BCUT2D eigenvalue weighted by Crippen LogP contribution is -2.33. The first-order valence-corrected chi connectivity index (χ1v) is 10.4. The van der Waals surface area contributed by atoms with Crippen molar-refractivity contribution in [2.24, 2.45) is 11.8 Å². The lowest BCUT2D eigenvalue weighted by Gasteiger charge is -2.32. The van der Waals surface area contributed by atoms with Gasteiger partial charge < -0.3 is 15.1 Å². The van der Waals surface area contributed by atoms with Gasteiger partial charge in [0.05, 0.1) is 5.92 Å². The number of carbonyl (C=O) groups excluding carboxylic acids is 2. The lowest BCUT2D eigenvalue weighted by atomic mass is 9.99. The van der Waals surface area contributed by atoms with E-state index >= 15 is 0 Å². The van der Waals surface area contributed by atoms with E-state index in [-0.39, 0.29) is 24.2 Å². The first-order chi connectivity index (χ1) is 14.1. The van der Waals surface area contributed by atoms with E-state index in [1.165, 1.54) is 18.5 Å². The van der Waals surface area contributed by atoms with Crippen LogP contribution in [0.15, 0.2) is 48.8 Å². The third kappa shape index (κ3) is 4.58. The minimum Gasteiger partial charge on any atom is -0.372 e. The largest absolute Gasteiger partial charge is 0.372 e. The van der Waals surface area contributed by atoms with E-state index in [9.17, 15) is 9.59 Å². The predicted molar refractivity (Wildman–Crippen MR) is 114 cm³/mol. The normalized spacial score (nSPS) is 20.2. The Hall–Kier alpha value is -2.89. The molecular weight excluding hydrogens is 364 g/mol. The van der Waals surface area contributed by atoms with Crippen LogP contribution in [-0.4, -0.2) is 36.4 Å². The summed E-state index contributed by atoms with van der Waals surface area (Å²) in [6.07, 6.45) is 6.14. The van der Waals surface area contributed by atoms with Gasteiger partial charge in [-0.15, -0.1) is 0 Å². The Labute approximate surface area is 171 Å². The highest BCUT2D eigenvalue weighted by Crippen LogP contribution is 2.29. The number of carbonyl (C=O) groups is 2. The molecule has 1 atom stereocenters. The van der Waals surface area contributed by atoms with E-state index in [1.807, 2.05) is 24.3 Å². The van der Waals surface area contributed by atoms with Crippen LogP contribution >= 0.6 is 0 Å². The van der Waals surface area contributed by atoms with Crippen LogP contribution in [0.3, 0.4) is 0 Å². The van der Waals surface area contributed by atoms with Gasteiger partial charge in [0.2, 0.25) is 11.8 Å². The van der Waals surface area contributed by atoms with Crippen LogP contribution in [0.4, 0.5) is 11.4 Å². The number of hydrogen-bond donors (Lipinski definition) is 1.